The Morgan fingerprint density at radius 3 is 2.02 bits per heavy atom. The predicted octanol–water partition coefficient (Wildman–Crippen LogP) is 8.78. The number of rotatable bonds is 4. The van der Waals surface area contributed by atoms with E-state index >= 15 is 0 Å². The minimum absolute atomic E-state index is 0. The number of carbonyl (C=O) groups excluding carboxylic acids is 1. The van der Waals surface area contributed by atoms with Crippen LogP contribution in [0.3, 0.4) is 0 Å². The van der Waals surface area contributed by atoms with Gasteiger partial charge in [-0.1, -0.05) is 93.6 Å². The molecule has 1 radical (unpaired) electrons. The van der Waals surface area contributed by atoms with Gasteiger partial charge in [-0.25, -0.2) is 0 Å². The van der Waals surface area contributed by atoms with E-state index in [4.69, 9.17) is 0 Å². The van der Waals surface area contributed by atoms with Gasteiger partial charge in [-0.15, -0.1) is 71.3 Å². The van der Waals surface area contributed by atoms with Gasteiger partial charge in [0, 0.05) is 37.4 Å². The maximum absolute atomic E-state index is 12.4. The monoisotopic (exact) mass is 711 g/mol. The van der Waals surface area contributed by atoms with E-state index in [9.17, 15) is 4.79 Å². The van der Waals surface area contributed by atoms with E-state index in [0.29, 0.717) is 11.1 Å². The fourth-order valence-corrected chi connectivity index (χ4v) is 4.26. The van der Waals surface area contributed by atoms with Crippen molar-refractivity contribution in [3.63, 3.8) is 0 Å². The third-order valence-corrected chi connectivity index (χ3v) is 6.60. The van der Waals surface area contributed by atoms with Crippen LogP contribution < -0.4 is 0 Å². The maximum atomic E-state index is 12.4. The summed E-state index contributed by atoms with van der Waals surface area (Å²) in [5.41, 5.74) is 7.40. The number of ketones is 1. The minimum Gasteiger partial charge on any atom is -0.304 e. The van der Waals surface area contributed by atoms with Crippen molar-refractivity contribution in [2.75, 3.05) is 0 Å². The quantitative estimate of drug-likeness (QED) is 0.136. The first-order valence-corrected chi connectivity index (χ1v) is 13.3. The van der Waals surface area contributed by atoms with Gasteiger partial charge in [0.05, 0.1) is 5.52 Å². The summed E-state index contributed by atoms with van der Waals surface area (Å²) < 4.78 is 0. The zero-order valence-electron chi connectivity index (χ0n) is 23.3. The molecule has 0 bridgehead atoms. The SMILES string of the molecule is CC(C)(C)c1c[c-]c(-c2ccc(C(=O)c3ccccc3)cn2)cc1.[Ir].[c-]1ccccc1-c1ccc2ccccc2n1. The Hall–Kier alpha value is -4.24. The Morgan fingerprint density at radius 1 is 0.659 bits per heavy atom. The van der Waals surface area contributed by atoms with Crippen LogP contribution in [0.1, 0.15) is 42.3 Å². The molecule has 4 heteroatoms. The van der Waals surface area contributed by atoms with Gasteiger partial charge in [-0.3, -0.25) is 9.78 Å². The van der Waals surface area contributed by atoms with Gasteiger partial charge in [0.25, 0.3) is 0 Å². The van der Waals surface area contributed by atoms with Crippen molar-refractivity contribution in [2.45, 2.75) is 26.2 Å². The second kappa shape index (κ2) is 13.4. The molecule has 3 nitrogen and oxygen atoms in total. The van der Waals surface area contributed by atoms with Gasteiger partial charge in [0.1, 0.15) is 0 Å². The first-order valence-electron chi connectivity index (χ1n) is 13.3. The maximum Gasteiger partial charge on any atom is 0.194 e. The summed E-state index contributed by atoms with van der Waals surface area (Å²) >= 11 is 0. The first kappa shape index (κ1) is 29.7. The van der Waals surface area contributed by atoms with Crippen LogP contribution in [0.25, 0.3) is 33.4 Å². The van der Waals surface area contributed by atoms with Crippen molar-refractivity contribution < 1.29 is 24.9 Å². The van der Waals surface area contributed by atoms with Crippen LogP contribution >= 0.6 is 0 Å². The summed E-state index contributed by atoms with van der Waals surface area (Å²) in [5, 5.41) is 1.17. The van der Waals surface area contributed by atoms with Crippen molar-refractivity contribution in [1.82, 2.24) is 9.97 Å². The molecule has 0 aliphatic heterocycles. The molecule has 2 heterocycles. The molecule has 0 N–H and O–H groups in total. The molecule has 205 valence electrons. The summed E-state index contributed by atoms with van der Waals surface area (Å²) in [5.74, 6) is -0.0123. The summed E-state index contributed by atoms with van der Waals surface area (Å²) in [6, 6.07) is 45.7. The molecular weight excluding hydrogens is 681 g/mol. The van der Waals surface area contributed by atoms with Crippen molar-refractivity contribution in [2.24, 2.45) is 0 Å². The van der Waals surface area contributed by atoms with Gasteiger partial charge in [-0.05, 0) is 28.3 Å². The molecule has 0 saturated heterocycles. The van der Waals surface area contributed by atoms with Crippen LogP contribution in [0, 0.1) is 12.1 Å². The number of pyridine rings is 2. The van der Waals surface area contributed by atoms with Gasteiger partial charge < -0.3 is 4.98 Å². The fourth-order valence-electron chi connectivity index (χ4n) is 4.26. The van der Waals surface area contributed by atoms with E-state index in [2.05, 4.69) is 61.1 Å². The van der Waals surface area contributed by atoms with Crippen molar-refractivity contribution in [1.29, 1.82) is 0 Å². The number of aromatic nitrogens is 2. The van der Waals surface area contributed by atoms with E-state index in [1.807, 2.05) is 103 Å². The van der Waals surface area contributed by atoms with Crippen molar-refractivity contribution in [3.8, 4) is 22.5 Å². The van der Waals surface area contributed by atoms with Crippen LogP contribution in [0.15, 0.2) is 128 Å². The Labute approximate surface area is 255 Å². The third kappa shape index (κ3) is 7.49. The van der Waals surface area contributed by atoms with Crippen LogP contribution in [-0.2, 0) is 25.5 Å². The molecule has 0 fully saturated rings. The number of para-hydroxylation sites is 1. The number of benzene rings is 4. The molecule has 0 saturated carbocycles. The first-order chi connectivity index (χ1) is 19.4. The van der Waals surface area contributed by atoms with E-state index in [-0.39, 0.29) is 31.3 Å². The van der Waals surface area contributed by atoms with E-state index in [0.717, 1.165) is 28.0 Å². The normalized spacial score (nSPS) is 10.7. The molecule has 6 rings (SSSR count). The van der Waals surface area contributed by atoms with Crippen LogP contribution in [0.2, 0.25) is 0 Å². The van der Waals surface area contributed by atoms with Crippen molar-refractivity contribution >= 4 is 16.7 Å². The van der Waals surface area contributed by atoms with E-state index in [1.54, 1.807) is 6.20 Å². The van der Waals surface area contributed by atoms with Gasteiger partial charge >= 0.3 is 0 Å². The van der Waals surface area contributed by atoms with Gasteiger partial charge in [0.2, 0.25) is 0 Å². The van der Waals surface area contributed by atoms with E-state index < -0.39 is 0 Å². The zero-order valence-corrected chi connectivity index (χ0v) is 25.7. The number of hydrogen-bond donors (Lipinski definition) is 0. The number of hydrogen-bond acceptors (Lipinski definition) is 3. The van der Waals surface area contributed by atoms with Gasteiger partial charge in [0.15, 0.2) is 5.78 Å². The summed E-state index contributed by atoms with van der Waals surface area (Å²) in [6.45, 7) is 6.54. The van der Waals surface area contributed by atoms with Crippen LogP contribution in [0.4, 0.5) is 0 Å². The minimum atomic E-state index is -0.0123. The largest absolute Gasteiger partial charge is 0.304 e. The van der Waals surface area contributed by atoms with Crippen LogP contribution in [0.5, 0.6) is 0 Å². The molecule has 0 spiro atoms. The smallest absolute Gasteiger partial charge is 0.194 e. The molecule has 0 aliphatic carbocycles. The topological polar surface area (TPSA) is 42.9 Å². The third-order valence-electron chi connectivity index (χ3n) is 6.60. The molecule has 6 aromatic rings. The second-order valence-corrected chi connectivity index (χ2v) is 10.5. The standard InChI is InChI=1S/C22H20NO.C15H10N.Ir/c1-22(2,3)19-12-9-16(10-13-19)20-14-11-18(15-23-20)21(24)17-7-5-4-6-8-17;1-2-6-12(7-3-1)15-11-10-13-8-4-5-9-14(13)16-15;/h4-9,11-15H,1-3H3;1-6,8-11H;/q2*-1;. The Balaban J connectivity index is 0.000000198. The average molecular weight is 711 g/mol. The molecular formula is C37H30IrN2O-2. The zero-order chi connectivity index (χ0) is 28.0. The second-order valence-electron chi connectivity index (χ2n) is 10.5. The fraction of sp³-hybridized carbons (Fsp3) is 0.108. The number of nitrogens with zero attached hydrogens (tertiary/aromatic N) is 2. The number of carbonyl (C=O) groups is 1. The molecule has 0 atom stereocenters. The van der Waals surface area contributed by atoms with E-state index in [1.165, 1.54) is 10.9 Å². The Bertz CT molecular complexity index is 1710. The number of fused-ring (bicyclic) bond motifs is 1. The Morgan fingerprint density at radius 2 is 1.37 bits per heavy atom. The molecule has 0 unspecified atom stereocenters. The summed E-state index contributed by atoms with van der Waals surface area (Å²) in [4.78, 5) is 21.5. The van der Waals surface area contributed by atoms with Gasteiger partial charge in [-0.2, -0.15) is 0 Å². The molecule has 0 amide bonds. The van der Waals surface area contributed by atoms with Crippen molar-refractivity contribution in [3.05, 3.63) is 156 Å². The average Bonchev–Trinajstić information content (AvgIpc) is 3.01. The Kier molecular flexibility index (Phi) is 9.73. The summed E-state index contributed by atoms with van der Waals surface area (Å²) in [6.07, 6.45) is 1.64. The summed E-state index contributed by atoms with van der Waals surface area (Å²) in [7, 11) is 0. The van der Waals surface area contributed by atoms with Crippen LogP contribution in [-0.4, -0.2) is 15.8 Å². The molecule has 0 aliphatic rings. The molecule has 2 aromatic heterocycles. The molecule has 41 heavy (non-hydrogen) atoms. The molecule has 4 aromatic carbocycles. The predicted molar refractivity (Wildman–Crippen MR) is 163 cm³/mol.